The standard InChI is InChI=1S/C12H14N4/c1-15-8-4-10-11(15)3-6-14-12(10)16-7-2-5-13-9-16/h2-4,6-8,13H,5,9H2,1H3. The normalized spacial score (nSPS) is 15.9. The van der Waals surface area contributed by atoms with Crippen molar-refractivity contribution in [2.45, 2.75) is 0 Å². The molecule has 0 saturated carbocycles. The second-order valence-electron chi connectivity index (χ2n) is 3.96. The molecule has 0 spiro atoms. The number of anilines is 1. The Labute approximate surface area is 94.2 Å². The van der Waals surface area contributed by atoms with Crippen LogP contribution in [0.5, 0.6) is 0 Å². The second kappa shape index (κ2) is 3.64. The monoisotopic (exact) mass is 214 g/mol. The predicted molar refractivity (Wildman–Crippen MR) is 65.2 cm³/mol. The minimum atomic E-state index is 0.817. The molecule has 0 radical (unpaired) electrons. The molecule has 0 unspecified atom stereocenters. The molecule has 0 amide bonds. The van der Waals surface area contributed by atoms with E-state index in [2.05, 4.69) is 51.4 Å². The van der Waals surface area contributed by atoms with E-state index in [1.165, 1.54) is 10.9 Å². The summed E-state index contributed by atoms with van der Waals surface area (Å²) in [4.78, 5) is 6.60. The molecule has 82 valence electrons. The number of nitrogens with one attached hydrogen (secondary N) is 1. The van der Waals surface area contributed by atoms with Crippen LogP contribution in [0.25, 0.3) is 10.9 Å². The highest BCUT2D eigenvalue weighted by atomic mass is 15.3. The maximum Gasteiger partial charge on any atom is 0.143 e. The van der Waals surface area contributed by atoms with Gasteiger partial charge in [-0.05, 0) is 12.1 Å². The minimum Gasteiger partial charge on any atom is -0.350 e. The fraction of sp³-hybridized carbons (Fsp3) is 0.250. The molecule has 1 aliphatic rings. The number of nitrogens with zero attached hydrogens (tertiary/aromatic N) is 3. The molecule has 4 heteroatoms. The number of hydrogen-bond donors (Lipinski definition) is 1. The molecular weight excluding hydrogens is 200 g/mol. The Hall–Kier alpha value is -1.81. The molecule has 0 aromatic carbocycles. The second-order valence-corrected chi connectivity index (χ2v) is 3.96. The Balaban J connectivity index is 2.15. The van der Waals surface area contributed by atoms with Crippen molar-refractivity contribution < 1.29 is 0 Å². The third kappa shape index (κ3) is 1.39. The average Bonchev–Trinajstić information content (AvgIpc) is 2.73. The lowest BCUT2D eigenvalue weighted by atomic mass is 10.3. The van der Waals surface area contributed by atoms with Crippen LogP contribution in [0.3, 0.4) is 0 Å². The van der Waals surface area contributed by atoms with E-state index in [0.717, 1.165) is 19.0 Å². The van der Waals surface area contributed by atoms with Gasteiger partial charge in [-0.25, -0.2) is 4.98 Å². The minimum absolute atomic E-state index is 0.817. The van der Waals surface area contributed by atoms with E-state index in [1.807, 2.05) is 12.3 Å². The third-order valence-corrected chi connectivity index (χ3v) is 2.89. The van der Waals surface area contributed by atoms with Crippen molar-refractivity contribution in [3.8, 4) is 0 Å². The number of pyridine rings is 1. The van der Waals surface area contributed by atoms with E-state index < -0.39 is 0 Å². The van der Waals surface area contributed by atoms with Crippen molar-refractivity contribution in [3.05, 3.63) is 36.8 Å². The van der Waals surface area contributed by atoms with Crippen LogP contribution in [0.1, 0.15) is 0 Å². The van der Waals surface area contributed by atoms with Gasteiger partial charge < -0.3 is 9.47 Å². The summed E-state index contributed by atoms with van der Waals surface area (Å²) in [6, 6.07) is 4.15. The first-order valence-corrected chi connectivity index (χ1v) is 5.40. The zero-order valence-corrected chi connectivity index (χ0v) is 9.22. The molecule has 0 saturated heterocycles. The van der Waals surface area contributed by atoms with Gasteiger partial charge in [-0.3, -0.25) is 5.32 Å². The van der Waals surface area contributed by atoms with Crippen molar-refractivity contribution >= 4 is 16.7 Å². The van der Waals surface area contributed by atoms with Gasteiger partial charge in [0.05, 0.1) is 12.2 Å². The highest BCUT2D eigenvalue weighted by Crippen LogP contribution is 2.25. The maximum absolute atomic E-state index is 4.47. The van der Waals surface area contributed by atoms with Gasteiger partial charge in [0.1, 0.15) is 5.82 Å². The molecule has 2 aromatic rings. The maximum atomic E-state index is 4.47. The van der Waals surface area contributed by atoms with Gasteiger partial charge >= 0.3 is 0 Å². The molecule has 16 heavy (non-hydrogen) atoms. The fourth-order valence-electron chi connectivity index (χ4n) is 2.06. The number of rotatable bonds is 1. The molecule has 3 heterocycles. The fourth-order valence-corrected chi connectivity index (χ4v) is 2.06. The van der Waals surface area contributed by atoms with E-state index in [4.69, 9.17) is 0 Å². The lowest BCUT2D eigenvalue weighted by Crippen LogP contribution is -2.34. The van der Waals surface area contributed by atoms with E-state index in [9.17, 15) is 0 Å². The van der Waals surface area contributed by atoms with Crippen molar-refractivity contribution in [3.63, 3.8) is 0 Å². The first kappa shape index (κ1) is 9.42. The van der Waals surface area contributed by atoms with Crippen LogP contribution in [0, 0.1) is 0 Å². The van der Waals surface area contributed by atoms with Crippen LogP contribution >= 0.6 is 0 Å². The van der Waals surface area contributed by atoms with E-state index in [0.29, 0.717) is 0 Å². The van der Waals surface area contributed by atoms with Crippen LogP contribution in [-0.2, 0) is 7.05 Å². The molecule has 0 aliphatic carbocycles. The van der Waals surface area contributed by atoms with Gasteiger partial charge in [0.2, 0.25) is 0 Å². The molecule has 1 N–H and O–H groups in total. The largest absolute Gasteiger partial charge is 0.350 e. The summed E-state index contributed by atoms with van der Waals surface area (Å²) in [5, 5.41) is 4.49. The van der Waals surface area contributed by atoms with E-state index in [1.54, 1.807) is 0 Å². The summed E-state index contributed by atoms with van der Waals surface area (Å²) in [5.74, 6) is 1.02. The van der Waals surface area contributed by atoms with Crippen LogP contribution < -0.4 is 10.2 Å². The molecule has 1 aliphatic heterocycles. The van der Waals surface area contributed by atoms with Crippen LogP contribution in [-0.4, -0.2) is 22.8 Å². The number of aromatic nitrogens is 2. The van der Waals surface area contributed by atoms with Gasteiger partial charge in [-0.15, -0.1) is 0 Å². The van der Waals surface area contributed by atoms with Gasteiger partial charge in [-0.1, -0.05) is 6.08 Å². The number of fused-ring (bicyclic) bond motifs is 1. The Morgan fingerprint density at radius 1 is 1.38 bits per heavy atom. The topological polar surface area (TPSA) is 33.1 Å². The molecule has 0 bridgehead atoms. The predicted octanol–water partition coefficient (Wildman–Crippen LogP) is 1.45. The van der Waals surface area contributed by atoms with Crippen LogP contribution in [0.2, 0.25) is 0 Å². The number of aryl methyl sites for hydroxylation is 1. The summed E-state index contributed by atoms with van der Waals surface area (Å²) in [7, 11) is 2.05. The molecule has 2 aromatic heterocycles. The van der Waals surface area contributed by atoms with E-state index >= 15 is 0 Å². The molecule has 4 nitrogen and oxygen atoms in total. The van der Waals surface area contributed by atoms with Gasteiger partial charge in [0.15, 0.2) is 0 Å². The van der Waals surface area contributed by atoms with Gasteiger partial charge in [0.25, 0.3) is 0 Å². The van der Waals surface area contributed by atoms with Crippen LogP contribution in [0.15, 0.2) is 36.8 Å². The van der Waals surface area contributed by atoms with Gasteiger partial charge in [0, 0.05) is 37.6 Å². The molecule has 0 fully saturated rings. The van der Waals surface area contributed by atoms with Crippen molar-refractivity contribution in [2.24, 2.45) is 7.05 Å². The van der Waals surface area contributed by atoms with Crippen molar-refractivity contribution in [1.29, 1.82) is 0 Å². The Bertz CT molecular complexity index is 541. The highest BCUT2D eigenvalue weighted by molar-refractivity contribution is 5.91. The number of hydrogen-bond acceptors (Lipinski definition) is 3. The van der Waals surface area contributed by atoms with Gasteiger partial charge in [-0.2, -0.15) is 0 Å². The Morgan fingerprint density at radius 3 is 3.12 bits per heavy atom. The SMILES string of the molecule is Cn1ccc2c(N3C=CCNC3)nccc21. The summed E-state index contributed by atoms with van der Waals surface area (Å²) in [5.41, 5.74) is 1.21. The molecular formula is C12H14N4. The zero-order chi connectivity index (χ0) is 11.0. The summed E-state index contributed by atoms with van der Waals surface area (Å²) in [6.07, 6.45) is 8.12. The van der Waals surface area contributed by atoms with Crippen molar-refractivity contribution in [2.75, 3.05) is 18.1 Å². The van der Waals surface area contributed by atoms with E-state index in [-0.39, 0.29) is 0 Å². The zero-order valence-electron chi connectivity index (χ0n) is 9.22. The first-order valence-electron chi connectivity index (χ1n) is 5.40. The lowest BCUT2D eigenvalue weighted by Gasteiger charge is -2.23. The lowest BCUT2D eigenvalue weighted by molar-refractivity contribution is 0.717. The quantitative estimate of drug-likeness (QED) is 0.780. The summed E-state index contributed by atoms with van der Waals surface area (Å²) < 4.78 is 2.11. The third-order valence-electron chi connectivity index (χ3n) is 2.89. The molecule has 0 atom stereocenters. The first-order chi connectivity index (χ1) is 7.86. The Morgan fingerprint density at radius 2 is 2.31 bits per heavy atom. The average molecular weight is 214 g/mol. The summed E-state index contributed by atoms with van der Waals surface area (Å²) >= 11 is 0. The van der Waals surface area contributed by atoms with Crippen molar-refractivity contribution in [1.82, 2.24) is 14.9 Å². The highest BCUT2D eigenvalue weighted by Gasteiger charge is 2.11. The molecule has 3 rings (SSSR count). The summed E-state index contributed by atoms with van der Waals surface area (Å²) in [6.45, 7) is 1.75. The Kier molecular flexibility index (Phi) is 2.15. The smallest absolute Gasteiger partial charge is 0.143 e. The van der Waals surface area contributed by atoms with Crippen LogP contribution in [0.4, 0.5) is 5.82 Å².